The Labute approximate surface area is 268 Å². The second kappa shape index (κ2) is 10.2. The third kappa shape index (κ3) is 3.87. The quantitative estimate of drug-likeness (QED) is 0.173. The summed E-state index contributed by atoms with van der Waals surface area (Å²) in [7, 11) is 0. The van der Waals surface area contributed by atoms with Gasteiger partial charge in [0.15, 0.2) is 6.20 Å². The smallest absolute Gasteiger partial charge is 0.222 e. The van der Waals surface area contributed by atoms with Crippen molar-refractivity contribution < 1.29 is 4.57 Å². The highest BCUT2D eigenvalue weighted by atomic mass is 15.1. The zero-order valence-electron chi connectivity index (χ0n) is 27.7. The minimum absolute atomic E-state index is 0.160. The zero-order valence-corrected chi connectivity index (χ0v) is 27.7. The predicted octanol–water partition coefficient (Wildman–Crippen LogP) is 10.8. The Morgan fingerprint density at radius 2 is 1.56 bits per heavy atom. The molecule has 3 heterocycles. The van der Waals surface area contributed by atoms with Gasteiger partial charge in [-0.3, -0.25) is 4.98 Å². The van der Waals surface area contributed by atoms with Crippen LogP contribution in [0.2, 0.25) is 0 Å². The van der Waals surface area contributed by atoms with Crippen LogP contribution in [-0.4, -0.2) is 4.98 Å². The number of allylic oxidation sites excluding steroid dienone is 4. The maximum Gasteiger partial charge on any atom is 0.222 e. The van der Waals surface area contributed by atoms with Crippen molar-refractivity contribution in [1.29, 1.82) is 0 Å². The molecule has 2 aliphatic carbocycles. The maximum absolute atomic E-state index is 4.75. The number of pyridine rings is 2. The summed E-state index contributed by atoms with van der Waals surface area (Å²) in [6.07, 6.45) is 17.6. The van der Waals surface area contributed by atoms with Crippen LogP contribution in [-0.2, 0) is 11.0 Å². The SMILES string of the molecule is CCC(CC)C1=CC2(CC(C(CC)CC)=C1)c1c3c(cc4ccncc14)C(C)(C)c1cc(-c4ccccc4)cc4cc[n+]2c-3c14. The molecule has 1 aliphatic heterocycles. The van der Waals surface area contributed by atoms with Crippen LogP contribution in [0.15, 0.2) is 103 Å². The minimum Gasteiger partial charge on any atom is -0.264 e. The lowest BCUT2D eigenvalue weighted by atomic mass is 9.66. The molecule has 226 valence electrons. The molecule has 8 rings (SSSR count). The normalized spacial score (nSPS) is 19.2. The summed E-state index contributed by atoms with van der Waals surface area (Å²) >= 11 is 0. The summed E-state index contributed by atoms with van der Waals surface area (Å²) < 4.78 is 2.70. The lowest BCUT2D eigenvalue weighted by Crippen LogP contribution is -2.55. The number of benzene rings is 3. The van der Waals surface area contributed by atoms with Gasteiger partial charge in [0.05, 0.1) is 16.5 Å². The Morgan fingerprint density at radius 3 is 2.29 bits per heavy atom. The van der Waals surface area contributed by atoms with Crippen molar-refractivity contribution in [3.05, 3.63) is 119 Å². The minimum atomic E-state index is -0.281. The van der Waals surface area contributed by atoms with E-state index >= 15 is 0 Å². The average molecular weight is 590 g/mol. The monoisotopic (exact) mass is 589 g/mol. The van der Waals surface area contributed by atoms with Crippen molar-refractivity contribution in [2.45, 2.75) is 84.6 Å². The lowest BCUT2D eigenvalue weighted by molar-refractivity contribution is -0.725. The van der Waals surface area contributed by atoms with Crippen LogP contribution in [0.3, 0.4) is 0 Å². The second-order valence-corrected chi connectivity index (χ2v) is 14.3. The van der Waals surface area contributed by atoms with E-state index in [-0.39, 0.29) is 11.0 Å². The number of hydrogen-bond donors (Lipinski definition) is 0. The van der Waals surface area contributed by atoms with E-state index in [1.54, 1.807) is 5.57 Å². The van der Waals surface area contributed by atoms with Gasteiger partial charge in [0, 0.05) is 35.7 Å². The molecule has 2 heteroatoms. The molecule has 0 radical (unpaired) electrons. The molecule has 3 aliphatic rings. The van der Waals surface area contributed by atoms with Crippen LogP contribution in [0.5, 0.6) is 0 Å². The summed E-state index contributed by atoms with van der Waals surface area (Å²) in [5, 5.41) is 5.36. The fraction of sp³-hybridized carbons (Fsp3) is 0.349. The van der Waals surface area contributed by atoms with Crippen LogP contribution < -0.4 is 4.57 Å². The van der Waals surface area contributed by atoms with E-state index in [2.05, 4.69) is 131 Å². The highest BCUT2D eigenvalue weighted by Crippen LogP contribution is 2.58. The highest BCUT2D eigenvalue weighted by molar-refractivity contribution is 6.07. The molecule has 1 unspecified atom stereocenters. The van der Waals surface area contributed by atoms with Gasteiger partial charge < -0.3 is 0 Å². The van der Waals surface area contributed by atoms with Crippen molar-refractivity contribution in [1.82, 2.24) is 4.98 Å². The van der Waals surface area contributed by atoms with E-state index in [0.717, 1.165) is 19.3 Å². The van der Waals surface area contributed by atoms with Crippen LogP contribution >= 0.6 is 0 Å². The molecule has 1 spiro atoms. The van der Waals surface area contributed by atoms with Gasteiger partial charge in [-0.05, 0) is 106 Å². The standard InChI is InChI=1S/C43H45N2/c1-7-27(8-2)33-21-34(28(9-3)10-4)25-43(24-33)40-35-26-44-18-16-30(35)22-37-39(40)41-38-31(17-19-45(41)43)20-32(23-36(38)42(37,5)6)29-14-12-11-13-15-29/h11-24,26-28H,7-10,25H2,1-6H3/q+1. The zero-order chi connectivity index (χ0) is 31.1. The fourth-order valence-corrected chi connectivity index (χ4v) is 9.30. The van der Waals surface area contributed by atoms with Crippen LogP contribution in [0, 0.1) is 11.8 Å². The molecule has 0 saturated carbocycles. The first-order valence-corrected chi connectivity index (χ1v) is 17.3. The molecule has 2 aromatic heterocycles. The number of hydrogen-bond acceptors (Lipinski definition) is 1. The second-order valence-electron chi connectivity index (χ2n) is 14.3. The Morgan fingerprint density at radius 1 is 0.800 bits per heavy atom. The fourth-order valence-electron chi connectivity index (χ4n) is 9.30. The third-order valence-electron chi connectivity index (χ3n) is 11.7. The summed E-state index contributed by atoms with van der Waals surface area (Å²) in [6.45, 7) is 14.4. The Balaban J connectivity index is 1.53. The first-order valence-electron chi connectivity index (χ1n) is 17.3. The molecule has 0 saturated heterocycles. The summed E-state index contributed by atoms with van der Waals surface area (Å²) in [5.74, 6) is 1.14. The first kappa shape index (κ1) is 28.4. The van der Waals surface area contributed by atoms with Gasteiger partial charge in [0.1, 0.15) is 0 Å². The molecule has 0 bridgehead atoms. The van der Waals surface area contributed by atoms with Crippen molar-refractivity contribution in [2.24, 2.45) is 11.8 Å². The summed E-state index contributed by atoms with van der Waals surface area (Å²) in [6, 6.07) is 22.9. The van der Waals surface area contributed by atoms with Gasteiger partial charge in [-0.15, -0.1) is 0 Å². The molecule has 3 aromatic carbocycles. The number of fused-ring (bicyclic) bond motifs is 4. The van der Waals surface area contributed by atoms with Crippen molar-refractivity contribution in [2.75, 3.05) is 0 Å². The summed E-state index contributed by atoms with van der Waals surface area (Å²) in [4.78, 5) is 4.75. The molecule has 5 aromatic rings. The highest BCUT2D eigenvalue weighted by Gasteiger charge is 2.57. The van der Waals surface area contributed by atoms with E-state index < -0.39 is 0 Å². The largest absolute Gasteiger partial charge is 0.264 e. The molecule has 0 fully saturated rings. The molecule has 0 N–H and O–H groups in total. The van der Waals surface area contributed by atoms with E-state index in [0.29, 0.717) is 11.8 Å². The van der Waals surface area contributed by atoms with Gasteiger partial charge in [0.2, 0.25) is 11.2 Å². The van der Waals surface area contributed by atoms with Crippen molar-refractivity contribution in [3.8, 4) is 22.4 Å². The Hall–Kier alpha value is -4.04. The van der Waals surface area contributed by atoms with Crippen LogP contribution in [0.4, 0.5) is 0 Å². The number of nitrogens with zero attached hydrogens (tertiary/aromatic N) is 2. The van der Waals surface area contributed by atoms with Gasteiger partial charge in [-0.1, -0.05) is 83.5 Å². The van der Waals surface area contributed by atoms with E-state index in [1.165, 1.54) is 79.0 Å². The topological polar surface area (TPSA) is 16.8 Å². The number of aromatic nitrogens is 2. The maximum atomic E-state index is 4.75. The van der Waals surface area contributed by atoms with Crippen molar-refractivity contribution >= 4 is 21.5 Å². The van der Waals surface area contributed by atoms with Gasteiger partial charge in [-0.2, -0.15) is 4.57 Å². The molecule has 2 nitrogen and oxygen atoms in total. The molecule has 45 heavy (non-hydrogen) atoms. The lowest BCUT2D eigenvalue weighted by Gasteiger charge is -2.34. The van der Waals surface area contributed by atoms with Crippen molar-refractivity contribution in [3.63, 3.8) is 0 Å². The van der Waals surface area contributed by atoms with Gasteiger partial charge in [0.25, 0.3) is 0 Å². The molecular formula is C43H45N2+. The van der Waals surface area contributed by atoms with Crippen LogP contribution in [0.25, 0.3) is 43.9 Å². The number of rotatable bonds is 7. The van der Waals surface area contributed by atoms with Gasteiger partial charge >= 0.3 is 0 Å². The molecule has 1 atom stereocenters. The first-order chi connectivity index (χ1) is 21.9. The van der Waals surface area contributed by atoms with E-state index in [1.807, 2.05) is 6.20 Å². The average Bonchev–Trinajstić information content (AvgIpc) is 3.34. The Bertz CT molecular complexity index is 2050. The van der Waals surface area contributed by atoms with Gasteiger partial charge in [-0.25, -0.2) is 0 Å². The predicted molar refractivity (Wildman–Crippen MR) is 188 cm³/mol. The van der Waals surface area contributed by atoms with Crippen LogP contribution in [0.1, 0.15) is 90.3 Å². The third-order valence-corrected chi connectivity index (χ3v) is 11.7. The molecule has 0 amide bonds. The van der Waals surface area contributed by atoms with E-state index in [9.17, 15) is 0 Å². The molecular weight excluding hydrogens is 544 g/mol. The van der Waals surface area contributed by atoms with E-state index in [4.69, 9.17) is 4.98 Å². The Kier molecular flexibility index (Phi) is 6.47. The summed E-state index contributed by atoms with van der Waals surface area (Å²) in [5.41, 5.74) is 12.5.